The van der Waals surface area contributed by atoms with Crippen LogP contribution in [-0.4, -0.2) is 75.2 Å². The van der Waals surface area contributed by atoms with Crippen molar-refractivity contribution in [3.8, 4) is 0 Å². The molecule has 1 aliphatic rings. The molecule has 1 aliphatic heterocycles. The molecule has 3 rings (SSSR count). The largest absolute Gasteiger partial charge is 0.357 e. The highest BCUT2D eigenvalue weighted by Gasteiger charge is 2.22. The second kappa shape index (κ2) is 11.0. The van der Waals surface area contributed by atoms with Crippen LogP contribution in [0.5, 0.6) is 0 Å². The lowest BCUT2D eigenvalue weighted by Crippen LogP contribution is -2.55. The minimum atomic E-state index is 0.247. The molecule has 1 fully saturated rings. The smallest absolute Gasteiger partial charge is 0.191 e. The van der Waals surface area contributed by atoms with Crippen LogP contribution in [0, 0.1) is 0 Å². The van der Waals surface area contributed by atoms with E-state index >= 15 is 0 Å². The SMILES string of the molecule is CCNC(=NCC(c1ccccc1)c1ccccc1)NCC1CN(C)CCN1C. The minimum absolute atomic E-state index is 0.247. The van der Waals surface area contributed by atoms with Crippen LogP contribution >= 0.6 is 0 Å². The highest BCUT2D eigenvalue weighted by molar-refractivity contribution is 5.79. The molecule has 0 saturated carbocycles. The van der Waals surface area contributed by atoms with Gasteiger partial charge in [0.15, 0.2) is 5.96 Å². The van der Waals surface area contributed by atoms with Gasteiger partial charge in [0.05, 0.1) is 6.54 Å². The van der Waals surface area contributed by atoms with Gasteiger partial charge in [-0.15, -0.1) is 0 Å². The van der Waals surface area contributed by atoms with E-state index < -0.39 is 0 Å². The van der Waals surface area contributed by atoms with Gasteiger partial charge in [-0.05, 0) is 32.1 Å². The van der Waals surface area contributed by atoms with E-state index in [2.05, 4.69) is 102 Å². The van der Waals surface area contributed by atoms with Gasteiger partial charge in [0, 0.05) is 44.7 Å². The molecule has 1 unspecified atom stereocenters. The Hall–Kier alpha value is -2.37. The van der Waals surface area contributed by atoms with Crippen molar-refractivity contribution in [3.63, 3.8) is 0 Å². The number of piperazine rings is 1. The molecule has 0 spiro atoms. The zero-order valence-corrected chi connectivity index (χ0v) is 18.0. The number of rotatable bonds is 7. The summed E-state index contributed by atoms with van der Waals surface area (Å²) in [6.07, 6.45) is 0. The van der Waals surface area contributed by atoms with Gasteiger partial charge in [-0.2, -0.15) is 0 Å². The van der Waals surface area contributed by atoms with Crippen LogP contribution in [0.3, 0.4) is 0 Å². The first-order chi connectivity index (χ1) is 14.2. The van der Waals surface area contributed by atoms with Gasteiger partial charge in [0.25, 0.3) is 0 Å². The Bertz CT molecular complexity index is 707. The van der Waals surface area contributed by atoms with Gasteiger partial charge >= 0.3 is 0 Å². The summed E-state index contributed by atoms with van der Waals surface area (Å²) in [6, 6.07) is 21.8. The van der Waals surface area contributed by atoms with Crippen molar-refractivity contribution >= 4 is 5.96 Å². The molecule has 1 saturated heterocycles. The first-order valence-corrected chi connectivity index (χ1v) is 10.7. The number of aliphatic imine (C=N–C) groups is 1. The lowest BCUT2D eigenvalue weighted by atomic mass is 9.91. The third kappa shape index (κ3) is 6.31. The number of hydrogen-bond donors (Lipinski definition) is 2. The zero-order valence-electron chi connectivity index (χ0n) is 18.0. The second-order valence-electron chi connectivity index (χ2n) is 7.87. The standard InChI is InChI=1S/C24H35N5/c1-4-25-24(26-17-22-19-28(2)15-16-29(22)3)27-18-23(20-11-7-5-8-12-20)21-13-9-6-10-14-21/h5-14,22-23H,4,15-19H2,1-3H3,(H2,25,26,27). The van der Waals surface area contributed by atoms with E-state index in [-0.39, 0.29) is 5.92 Å². The van der Waals surface area contributed by atoms with Gasteiger partial charge in [-0.3, -0.25) is 9.89 Å². The van der Waals surface area contributed by atoms with E-state index in [9.17, 15) is 0 Å². The zero-order chi connectivity index (χ0) is 20.5. The van der Waals surface area contributed by atoms with Crippen molar-refractivity contribution in [1.29, 1.82) is 0 Å². The van der Waals surface area contributed by atoms with Crippen molar-refractivity contribution in [1.82, 2.24) is 20.4 Å². The molecule has 1 atom stereocenters. The molecule has 0 aliphatic carbocycles. The van der Waals surface area contributed by atoms with E-state index in [4.69, 9.17) is 4.99 Å². The summed E-state index contributed by atoms with van der Waals surface area (Å²) >= 11 is 0. The second-order valence-corrected chi connectivity index (χ2v) is 7.87. The van der Waals surface area contributed by atoms with Crippen LogP contribution in [0.15, 0.2) is 65.7 Å². The Kier molecular flexibility index (Phi) is 8.08. The van der Waals surface area contributed by atoms with Crippen LogP contribution in [-0.2, 0) is 0 Å². The number of guanidine groups is 1. The Morgan fingerprint density at radius 2 is 1.59 bits per heavy atom. The van der Waals surface area contributed by atoms with Crippen molar-refractivity contribution in [3.05, 3.63) is 71.8 Å². The summed E-state index contributed by atoms with van der Waals surface area (Å²) in [5.41, 5.74) is 2.60. The van der Waals surface area contributed by atoms with Gasteiger partial charge in [-0.25, -0.2) is 0 Å². The van der Waals surface area contributed by atoms with Crippen molar-refractivity contribution < 1.29 is 0 Å². The van der Waals surface area contributed by atoms with E-state index in [0.717, 1.165) is 38.7 Å². The maximum absolute atomic E-state index is 4.96. The molecule has 5 heteroatoms. The highest BCUT2D eigenvalue weighted by atomic mass is 15.3. The number of likely N-dealkylation sites (N-methyl/N-ethyl adjacent to an activating group) is 2. The monoisotopic (exact) mass is 393 g/mol. The number of benzene rings is 2. The molecule has 2 aromatic rings. The predicted octanol–water partition coefficient (Wildman–Crippen LogP) is 2.62. The van der Waals surface area contributed by atoms with E-state index in [1.165, 1.54) is 11.1 Å². The topological polar surface area (TPSA) is 42.9 Å². The molecular formula is C24H35N5. The highest BCUT2D eigenvalue weighted by Crippen LogP contribution is 2.24. The third-order valence-corrected chi connectivity index (χ3v) is 5.67. The van der Waals surface area contributed by atoms with Crippen molar-refractivity contribution in [2.75, 3.05) is 53.4 Å². The summed E-state index contributed by atoms with van der Waals surface area (Å²) in [6.45, 7) is 7.91. The fraction of sp³-hybridized carbons (Fsp3) is 0.458. The summed E-state index contributed by atoms with van der Waals surface area (Å²) in [5.74, 6) is 1.14. The lowest BCUT2D eigenvalue weighted by molar-refractivity contribution is 0.116. The lowest BCUT2D eigenvalue weighted by Gasteiger charge is -2.38. The van der Waals surface area contributed by atoms with Crippen LogP contribution in [0.25, 0.3) is 0 Å². The first kappa shape index (κ1) is 21.3. The first-order valence-electron chi connectivity index (χ1n) is 10.7. The van der Waals surface area contributed by atoms with Crippen LogP contribution < -0.4 is 10.6 Å². The van der Waals surface area contributed by atoms with E-state index in [0.29, 0.717) is 12.6 Å². The summed E-state index contributed by atoms with van der Waals surface area (Å²) in [5, 5.41) is 6.98. The molecule has 5 nitrogen and oxygen atoms in total. The molecule has 0 amide bonds. The number of nitrogens with zero attached hydrogens (tertiary/aromatic N) is 3. The van der Waals surface area contributed by atoms with Crippen LogP contribution in [0.1, 0.15) is 24.0 Å². The van der Waals surface area contributed by atoms with Crippen LogP contribution in [0.4, 0.5) is 0 Å². The Labute approximate surface area is 175 Å². The minimum Gasteiger partial charge on any atom is -0.357 e. The molecule has 156 valence electrons. The molecule has 29 heavy (non-hydrogen) atoms. The van der Waals surface area contributed by atoms with Gasteiger partial charge < -0.3 is 15.5 Å². The molecular weight excluding hydrogens is 358 g/mol. The normalized spacial score (nSPS) is 18.8. The van der Waals surface area contributed by atoms with Gasteiger partial charge in [-0.1, -0.05) is 60.7 Å². The van der Waals surface area contributed by atoms with Gasteiger partial charge in [0.2, 0.25) is 0 Å². The van der Waals surface area contributed by atoms with Crippen molar-refractivity contribution in [2.45, 2.75) is 18.9 Å². The number of hydrogen-bond acceptors (Lipinski definition) is 3. The summed E-state index contributed by atoms with van der Waals surface area (Å²) < 4.78 is 0. The summed E-state index contributed by atoms with van der Waals surface area (Å²) in [4.78, 5) is 9.80. The van der Waals surface area contributed by atoms with E-state index in [1.54, 1.807) is 0 Å². The summed E-state index contributed by atoms with van der Waals surface area (Å²) in [7, 11) is 4.41. The van der Waals surface area contributed by atoms with Crippen molar-refractivity contribution in [2.24, 2.45) is 4.99 Å². The molecule has 0 bridgehead atoms. The molecule has 2 N–H and O–H groups in total. The van der Waals surface area contributed by atoms with E-state index in [1.807, 2.05) is 0 Å². The van der Waals surface area contributed by atoms with Crippen LogP contribution in [0.2, 0.25) is 0 Å². The predicted molar refractivity (Wildman–Crippen MR) is 123 cm³/mol. The fourth-order valence-corrected chi connectivity index (χ4v) is 3.83. The number of nitrogens with one attached hydrogen (secondary N) is 2. The quantitative estimate of drug-likeness (QED) is 0.561. The molecule has 2 aromatic carbocycles. The molecule has 1 heterocycles. The van der Waals surface area contributed by atoms with Gasteiger partial charge in [0.1, 0.15) is 0 Å². The average Bonchev–Trinajstić information content (AvgIpc) is 2.76. The molecule has 0 radical (unpaired) electrons. The fourth-order valence-electron chi connectivity index (χ4n) is 3.83. The Balaban J connectivity index is 1.71. The third-order valence-electron chi connectivity index (χ3n) is 5.67. The maximum Gasteiger partial charge on any atom is 0.191 e. The Morgan fingerprint density at radius 3 is 2.17 bits per heavy atom. The Morgan fingerprint density at radius 1 is 0.966 bits per heavy atom. The maximum atomic E-state index is 4.96. The molecule has 0 aromatic heterocycles. The average molecular weight is 394 g/mol.